The van der Waals surface area contributed by atoms with Crippen LogP contribution in [0.5, 0.6) is 0 Å². The topological polar surface area (TPSA) is 58.1 Å². The molecule has 3 aromatic rings. The van der Waals surface area contributed by atoms with E-state index in [1.807, 2.05) is 42.2 Å². The number of para-hydroxylation sites is 1. The molecule has 0 bridgehead atoms. The molecular formula is C22H23FN4O. The molecule has 1 aromatic heterocycles. The zero-order valence-electron chi connectivity index (χ0n) is 16.1. The molecule has 6 heteroatoms. The molecule has 0 aliphatic carbocycles. The van der Waals surface area contributed by atoms with Gasteiger partial charge in [-0.2, -0.15) is 0 Å². The second kappa shape index (κ2) is 7.54. The third-order valence-electron chi connectivity index (χ3n) is 5.30. The zero-order chi connectivity index (χ0) is 19.7. The Balaban J connectivity index is 1.51. The van der Waals surface area contributed by atoms with Gasteiger partial charge in [0, 0.05) is 18.5 Å². The van der Waals surface area contributed by atoms with Gasteiger partial charge in [0.1, 0.15) is 11.9 Å². The lowest BCUT2D eigenvalue weighted by Crippen LogP contribution is -2.43. The number of nitrogens with one attached hydrogen (secondary N) is 1. The molecule has 1 amide bonds. The monoisotopic (exact) mass is 378 g/mol. The number of aromatic nitrogens is 2. The number of nitrogens with zero attached hydrogens (tertiary/aromatic N) is 3. The maximum absolute atomic E-state index is 13.7. The largest absolute Gasteiger partial charge is 0.350 e. The standard InChI is InChI=1S/C22H23FN4O/c1-14-9-10-16(12-18(14)23)13-24-21(28)20-8-5-11-27(20)22-25-15(2)17-6-3-4-7-19(17)26-22/h3-4,6-7,9-10,12,20H,5,8,11,13H2,1-2H3,(H,24,28)/t20-/m0/s1. The Hall–Kier alpha value is -3.02. The number of benzene rings is 2. The minimum absolute atomic E-state index is 0.0760. The van der Waals surface area contributed by atoms with Gasteiger partial charge in [-0.15, -0.1) is 0 Å². The summed E-state index contributed by atoms with van der Waals surface area (Å²) in [5.41, 5.74) is 3.13. The molecule has 1 aliphatic rings. The fourth-order valence-corrected chi connectivity index (χ4v) is 3.68. The van der Waals surface area contributed by atoms with Gasteiger partial charge in [-0.3, -0.25) is 4.79 Å². The van der Waals surface area contributed by atoms with Crippen molar-refractivity contribution < 1.29 is 9.18 Å². The van der Waals surface area contributed by atoms with E-state index in [1.54, 1.807) is 13.0 Å². The van der Waals surface area contributed by atoms with Crippen LogP contribution in [0.4, 0.5) is 10.3 Å². The van der Waals surface area contributed by atoms with Crippen molar-refractivity contribution in [3.63, 3.8) is 0 Å². The Morgan fingerprint density at radius 3 is 2.86 bits per heavy atom. The number of anilines is 1. The summed E-state index contributed by atoms with van der Waals surface area (Å²) in [5, 5.41) is 3.96. The van der Waals surface area contributed by atoms with Crippen LogP contribution in [0, 0.1) is 19.7 Å². The summed E-state index contributed by atoms with van der Waals surface area (Å²) in [6.07, 6.45) is 1.66. The normalized spacial score (nSPS) is 16.5. The number of hydrogen-bond donors (Lipinski definition) is 1. The highest BCUT2D eigenvalue weighted by Gasteiger charge is 2.32. The average molecular weight is 378 g/mol. The van der Waals surface area contributed by atoms with Crippen LogP contribution in [-0.2, 0) is 11.3 Å². The van der Waals surface area contributed by atoms with Gasteiger partial charge in [-0.05, 0) is 49.9 Å². The fraction of sp³-hybridized carbons (Fsp3) is 0.318. The SMILES string of the molecule is Cc1ccc(CNC(=O)[C@@H]2CCCN2c2nc(C)c3ccccc3n2)cc1F. The molecule has 144 valence electrons. The van der Waals surface area contributed by atoms with Gasteiger partial charge in [0.15, 0.2) is 0 Å². The van der Waals surface area contributed by atoms with Gasteiger partial charge in [0.25, 0.3) is 0 Å². The lowest BCUT2D eigenvalue weighted by Gasteiger charge is -2.24. The van der Waals surface area contributed by atoms with Gasteiger partial charge in [0.2, 0.25) is 11.9 Å². The molecule has 5 nitrogen and oxygen atoms in total. The van der Waals surface area contributed by atoms with E-state index >= 15 is 0 Å². The summed E-state index contributed by atoms with van der Waals surface area (Å²) in [6.45, 7) is 4.73. The summed E-state index contributed by atoms with van der Waals surface area (Å²) in [6, 6.07) is 12.6. The Kier molecular flexibility index (Phi) is 4.94. The molecule has 1 atom stereocenters. The first-order valence-electron chi connectivity index (χ1n) is 9.55. The van der Waals surface area contributed by atoms with E-state index in [0.29, 0.717) is 18.1 Å². The van der Waals surface area contributed by atoms with Gasteiger partial charge < -0.3 is 10.2 Å². The van der Waals surface area contributed by atoms with Crippen LogP contribution in [0.2, 0.25) is 0 Å². The summed E-state index contributed by atoms with van der Waals surface area (Å²) in [5.74, 6) is 0.261. The minimum atomic E-state index is -0.309. The maximum atomic E-state index is 13.7. The highest BCUT2D eigenvalue weighted by atomic mass is 19.1. The van der Waals surface area contributed by atoms with Crippen molar-refractivity contribution in [3.05, 3.63) is 65.1 Å². The molecule has 1 fully saturated rings. The van der Waals surface area contributed by atoms with E-state index < -0.39 is 0 Å². The molecule has 0 saturated carbocycles. The van der Waals surface area contributed by atoms with Crippen molar-refractivity contribution in [2.75, 3.05) is 11.4 Å². The second-order valence-electron chi connectivity index (χ2n) is 7.28. The molecule has 4 rings (SSSR count). The van der Waals surface area contributed by atoms with E-state index in [9.17, 15) is 9.18 Å². The molecule has 28 heavy (non-hydrogen) atoms. The molecule has 0 spiro atoms. The maximum Gasteiger partial charge on any atom is 0.243 e. The van der Waals surface area contributed by atoms with Crippen LogP contribution in [0.3, 0.4) is 0 Å². The second-order valence-corrected chi connectivity index (χ2v) is 7.28. The first-order chi connectivity index (χ1) is 13.5. The van der Waals surface area contributed by atoms with Crippen molar-refractivity contribution in [3.8, 4) is 0 Å². The number of aryl methyl sites for hydroxylation is 2. The minimum Gasteiger partial charge on any atom is -0.350 e. The number of hydrogen-bond acceptors (Lipinski definition) is 4. The highest BCUT2D eigenvalue weighted by Crippen LogP contribution is 2.25. The van der Waals surface area contributed by atoms with Crippen molar-refractivity contribution in [1.82, 2.24) is 15.3 Å². The lowest BCUT2D eigenvalue weighted by molar-refractivity contribution is -0.122. The van der Waals surface area contributed by atoms with Gasteiger partial charge in [-0.25, -0.2) is 14.4 Å². The Morgan fingerprint density at radius 2 is 2.04 bits per heavy atom. The molecule has 1 N–H and O–H groups in total. The van der Waals surface area contributed by atoms with E-state index in [1.165, 1.54) is 6.07 Å². The van der Waals surface area contributed by atoms with Crippen molar-refractivity contribution >= 4 is 22.8 Å². The molecule has 2 heterocycles. The number of amides is 1. The Labute approximate surface area is 163 Å². The van der Waals surface area contributed by atoms with Gasteiger partial charge in [-0.1, -0.05) is 30.3 Å². The van der Waals surface area contributed by atoms with Crippen LogP contribution in [-0.4, -0.2) is 28.5 Å². The fourth-order valence-electron chi connectivity index (χ4n) is 3.68. The van der Waals surface area contributed by atoms with Crippen LogP contribution in [0.15, 0.2) is 42.5 Å². The van der Waals surface area contributed by atoms with Gasteiger partial charge >= 0.3 is 0 Å². The zero-order valence-corrected chi connectivity index (χ0v) is 16.1. The Bertz CT molecular complexity index is 1040. The molecule has 1 aliphatic heterocycles. The van der Waals surface area contributed by atoms with Gasteiger partial charge in [0.05, 0.1) is 11.2 Å². The highest BCUT2D eigenvalue weighted by molar-refractivity contribution is 5.86. The quantitative estimate of drug-likeness (QED) is 0.753. The first-order valence-corrected chi connectivity index (χ1v) is 9.55. The van der Waals surface area contributed by atoms with E-state index in [4.69, 9.17) is 0 Å². The number of carbonyl (C=O) groups excluding carboxylic acids is 1. The molecular weight excluding hydrogens is 355 g/mol. The number of fused-ring (bicyclic) bond motifs is 1. The van der Waals surface area contributed by atoms with Crippen LogP contribution >= 0.6 is 0 Å². The molecule has 1 saturated heterocycles. The number of rotatable bonds is 4. The number of carbonyl (C=O) groups is 1. The number of halogens is 1. The van der Waals surface area contributed by atoms with E-state index in [-0.39, 0.29) is 17.8 Å². The third-order valence-corrected chi connectivity index (χ3v) is 5.30. The smallest absolute Gasteiger partial charge is 0.243 e. The average Bonchev–Trinajstić information content (AvgIpc) is 3.19. The van der Waals surface area contributed by atoms with Crippen LogP contribution < -0.4 is 10.2 Å². The summed E-state index contributed by atoms with van der Waals surface area (Å²) < 4.78 is 13.7. The third kappa shape index (κ3) is 3.54. The lowest BCUT2D eigenvalue weighted by atomic mass is 10.1. The summed E-state index contributed by atoms with van der Waals surface area (Å²) in [7, 11) is 0. The molecule has 0 unspecified atom stereocenters. The Morgan fingerprint density at radius 1 is 1.21 bits per heavy atom. The van der Waals surface area contributed by atoms with Crippen LogP contribution in [0.1, 0.15) is 29.7 Å². The molecule has 2 aromatic carbocycles. The van der Waals surface area contributed by atoms with E-state index in [2.05, 4.69) is 15.3 Å². The van der Waals surface area contributed by atoms with Crippen molar-refractivity contribution in [1.29, 1.82) is 0 Å². The molecule has 0 radical (unpaired) electrons. The van der Waals surface area contributed by atoms with Crippen molar-refractivity contribution in [2.24, 2.45) is 0 Å². The summed E-state index contributed by atoms with van der Waals surface area (Å²) in [4.78, 5) is 24.1. The van der Waals surface area contributed by atoms with Crippen LogP contribution in [0.25, 0.3) is 10.9 Å². The van der Waals surface area contributed by atoms with Crippen molar-refractivity contribution in [2.45, 2.75) is 39.3 Å². The summed E-state index contributed by atoms with van der Waals surface area (Å²) >= 11 is 0. The predicted molar refractivity (Wildman–Crippen MR) is 108 cm³/mol. The first kappa shape index (κ1) is 18.3. The van der Waals surface area contributed by atoms with E-state index in [0.717, 1.165) is 41.5 Å². The predicted octanol–water partition coefficient (Wildman–Crippen LogP) is 3.67.